The average molecular weight is 378 g/mol. The third kappa shape index (κ3) is 4.43. The van der Waals surface area contributed by atoms with Crippen molar-refractivity contribution in [3.05, 3.63) is 57.8 Å². The van der Waals surface area contributed by atoms with Crippen molar-refractivity contribution in [2.45, 2.75) is 26.0 Å². The average Bonchev–Trinajstić information content (AvgIpc) is 2.67. The number of carbonyl (C=O) groups excluding carboxylic acids is 2. The first kappa shape index (κ1) is 15.9. The van der Waals surface area contributed by atoms with Crippen molar-refractivity contribution in [1.29, 1.82) is 0 Å². The number of methoxy groups -OCH3 is 1. The van der Waals surface area contributed by atoms with Gasteiger partial charge in [-0.3, -0.25) is 9.36 Å². The molecule has 1 aromatic heterocycles. The van der Waals surface area contributed by atoms with E-state index in [9.17, 15) is 19.5 Å². The fourth-order valence-corrected chi connectivity index (χ4v) is 2.24. The van der Waals surface area contributed by atoms with Gasteiger partial charge < -0.3 is 19.9 Å². The minimum Gasteiger partial charge on any atom is -0.501 e. The van der Waals surface area contributed by atoms with E-state index in [2.05, 4.69) is 15.0 Å². The van der Waals surface area contributed by atoms with Gasteiger partial charge >= 0.3 is 12.1 Å². The van der Waals surface area contributed by atoms with Gasteiger partial charge in [-0.25, -0.2) is 14.6 Å². The predicted octanol–water partition coefficient (Wildman–Crippen LogP) is 1.43. The molecule has 9 heteroatoms. The molecular formula is C18H21N3O6. The van der Waals surface area contributed by atoms with Crippen molar-refractivity contribution in [3.8, 4) is 5.75 Å². The third-order valence-corrected chi connectivity index (χ3v) is 3.62. The van der Waals surface area contributed by atoms with Crippen molar-refractivity contribution in [2.75, 3.05) is 7.11 Å². The molecule has 0 radical (unpaired) electrons. The van der Waals surface area contributed by atoms with Gasteiger partial charge in [0, 0.05) is 11.1 Å². The second-order valence-corrected chi connectivity index (χ2v) is 6.08. The quantitative estimate of drug-likeness (QED) is 0.755. The second kappa shape index (κ2) is 7.90. The highest BCUT2D eigenvalue weighted by Gasteiger charge is 2.31. The van der Waals surface area contributed by atoms with Crippen LogP contribution >= 0.6 is 0 Å². The first-order valence-corrected chi connectivity index (χ1v) is 7.82. The molecule has 2 rings (SSSR count). The van der Waals surface area contributed by atoms with Crippen molar-refractivity contribution in [2.24, 2.45) is 6.98 Å². The number of nitrogens with one attached hydrogen (secondary N) is 1. The largest absolute Gasteiger partial charge is 0.501 e. The Labute approximate surface area is 159 Å². The lowest BCUT2D eigenvalue weighted by Crippen LogP contribution is -2.45. The van der Waals surface area contributed by atoms with Crippen LogP contribution in [0.4, 0.5) is 4.79 Å². The highest BCUT2D eigenvalue weighted by molar-refractivity contribution is 5.89. The van der Waals surface area contributed by atoms with E-state index in [-0.39, 0.29) is 11.2 Å². The molecule has 1 amide bonds. The molecule has 1 heterocycles. The lowest BCUT2D eigenvalue weighted by atomic mass is 10.0. The number of aromatic nitrogens is 2. The van der Waals surface area contributed by atoms with Crippen LogP contribution in [0.25, 0.3) is 0 Å². The standard InChI is InChI=1S/C18H21N3O6/c1-18(2,20-17(25)27-10-11-8-6-5-7-9-11)16-19-12(15(24)26-4)13(22)14(23)21(16)3/h5-9,22H,10H2,1-4H3,(H,20,25)/i3D3. The Hall–Kier alpha value is -3.36. The number of alkyl carbamates (subject to hydrolysis) is 1. The molecule has 0 bridgehead atoms. The van der Waals surface area contributed by atoms with Gasteiger partial charge in [0.05, 0.1) is 12.6 Å². The molecule has 1 aromatic carbocycles. The Morgan fingerprint density at radius 3 is 2.59 bits per heavy atom. The van der Waals surface area contributed by atoms with Crippen LogP contribution in [-0.4, -0.2) is 33.8 Å². The van der Waals surface area contributed by atoms with Crippen LogP contribution in [0.3, 0.4) is 0 Å². The van der Waals surface area contributed by atoms with Crippen molar-refractivity contribution in [1.82, 2.24) is 14.9 Å². The number of hydrogen-bond acceptors (Lipinski definition) is 7. The highest BCUT2D eigenvalue weighted by atomic mass is 16.5. The molecule has 144 valence electrons. The summed E-state index contributed by atoms with van der Waals surface area (Å²) in [6.45, 7) is -0.387. The molecule has 2 aromatic rings. The second-order valence-electron chi connectivity index (χ2n) is 6.08. The zero-order chi connectivity index (χ0) is 22.7. The first-order valence-electron chi connectivity index (χ1n) is 9.32. The molecule has 9 nitrogen and oxygen atoms in total. The van der Waals surface area contributed by atoms with Crippen LogP contribution in [0.15, 0.2) is 35.1 Å². The van der Waals surface area contributed by atoms with Gasteiger partial charge in [-0.15, -0.1) is 0 Å². The molecule has 27 heavy (non-hydrogen) atoms. The summed E-state index contributed by atoms with van der Waals surface area (Å²) in [4.78, 5) is 40.4. The van der Waals surface area contributed by atoms with Gasteiger partial charge in [-0.05, 0) is 19.4 Å². The molecule has 0 aliphatic carbocycles. The Bertz CT molecular complexity index is 1000. The molecule has 0 aliphatic heterocycles. The summed E-state index contributed by atoms with van der Waals surface area (Å²) in [5.74, 6) is -2.82. The lowest BCUT2D eigenvalue weighted by Gasteiger charge is -2.27. The molecule has 0 fully saturated rings. The fraction of sp³-hybridized carbons (Fsp3) is 0.333. The summed E-state index contributed by atoms with van der Waals surface area (Å²) >= 11 is 0. The summed E-state index contributed by atoms with van der Waals surface area (Å²) < 4.78 is 32.7. The summed E-state index contributed by atoms with van der Waals surface area (Å²) in [5, 5.41) is 12.4. The summed E-state index contributed by atoms with van der Waals surface area (Å²) in [6, 6.07) is 8.83. The minimum absolute atomic E-state index is 0.0504. The monoisotopic (exact) mass is 378 g/mol. The number of esters is 1. The highest BCUT2D eigenvalue weighted by Crippen LogP contribution is 2.20. The molecule has 0 saturated heterocycles. The number of carbonyl (C=O) groups is 2. The maximum absolute atomic E-state index is 12.5. The number of benzene rings is 1. The maximum Gasteiger partial charge on any atom is 0.408 e. The minimum atomic E-state index is -3.06. The van der Waals surface area contributed by atoms with Crippen LogP contribution in [0.2, 0.25) is 0 Å². The zero-order valence-corrected chi connectivity index (χ0v) is 15.0. The van der Waals surface area contributed by atoms with Gasteiger partial charge in [0.2, 0.25) is 5.75 Å². The first-order chi connectivity index (χ1) is 13.9. The number of rotatable bonds is 5. The Morgan fingerprint density at radius 2 is 2.00 bits per heavy atom. The number of ether oxygens (including phenoxy) is 2. The molecule has 0 unspecified atom stereocenters. The Balaban J connectivity index is 2.43. The van der Waals surface area contributed by atoms with Crippen molar-refractivity contribution < 1.29 is 28.3 Å². The summed E-state index contributed by atoms with van der Waals surface area (Å²) in [7, 11) is 1.00. The van der Waals surface area contributed by atoms with Crippen LogP contribution in [-0.2, 0) is 28.6 Å². The summed E-state index contributed by atoms with van der Waals surface area (Å²) in [6.07, 6.45) is -0.914. The molecule has 0 spiro atoms. The van der Waals surface area contributed by atoms with Gasteiger partial charge in [0.15, 0.2) is 5.69 Å². The number of amides is 1. The van der Waals surface area contributed by atoms with E-state index in [0.717, 1.165) is 12.7 Å². The molecular weight excluding hydrogens is 354 g/mol. The number of nitrogens with zero attached hydrogens (tertiary/aromatic N) is 2. The zero-order valence-electron chi connectivity index (χ0n) is 18.0. The van der Waals surface area contributed by atoms with Crippen LogP contribution < -0.4 is 10.9 Å². The number of hydrogen-bond donors (Lipinski definition) is 2. The molecule has 0 atom stereocenters. The third-order valence-electron chi connectivity index (χ3n) is 3.62. The van der Waals surface area contributed by atoms with E-state index >= 15 is 0 Å². The Morgan fingerprint density at radius 1 is 1.33 bits per heavy atom. The van der Waals surface area contributed by atoms with E-state index in [4.69, 9.17) is 8.85 Å². The normalized spacial score (nSPS) is 13.1. The van der Waals surface area contributed by atoms with E-state index in [0.29, 0.717) is 0 Å². The Kier molecular flexibility index (Phi) is 4.64. The molecule has 0 aliphatic rings. The van der Waals surface area contributed by atoms with Gasteiger partial charge in [0.25, 0.3) is 5.56 Å². The van der Waals surface area contributed by atoms with Crippen molar-refractivity contribution in [3.63, 3.8) is 0 Å². The van der Waals surface area contributed by atoms with Crippen LogP contribution in [0.5, 0.6) is 5.75 Å². The fourth-order valence-electron chi connectivity index (χ4n) is 2.24. The summed E-state index contributed by atoms with van der Waals surface area (Å²) in [5.41, 5.74) is -3.02. The van der Waals surface area contributed by atoms with Crippen molar-refractivity contribution >= 4 is 12.1 Å². The van der Waals surface area contributed by atoms with E-state index < -0.39 is 47.4 Å². The van der Waals surface area contributed by atoms with Gasteiger partial charge in [-0.1, -0.05) is 30.3 Å². The van der Waals surface area contributed by atoms with E-state index in [1.807, 2.05) is 0 Å². The van der Waals surface area contributed by atoms with Crippen LogP contribution in [0.1, 0.15) is 39.8 Å². The SMILES string of the molecule is [2H]C([2H])([2H])n1c(C(C)(C)NC(=O)OCc2ccccc2)nc(C(=O)OC)c(O)c1=O. The molecule has 0 saturated carbocycles. The maximum atomic E-state index is 12.5. The lowest BCUT2D eigenvalue weighted by molar-refractivity contribution is 0.0588. The topological polar surface area (TPSA) is 120 Å². The predicted molar refractivity (Wildman–Crippen MR) is 95.3 cm³/mol. The van der Waals surface area contributed by atoms with E-state index in [1.54, 1.807) is 30.3 Å². The van der Waals surface area contributed by atoms with E-state index in [1.165, 1.54) is 13.8 Å². The van der Waals surface area contributed by atoms with Gasteiger partial charge in [-0.2, -0.15) is 0 Å². The van der Waals surface area contributed by atoms with Gasteiger partial charge in [0.1, 0.15) is 12.4 Å². The molecule has 2 N–H and O–H groups in total. The van der Waals surface area contributed by atoms with Crippen LogP contribution in [0, 0.1) is 0 Å². The smallest absolute Gasteiger partial charge is 0.408 e. The number of aromatic hydroxyl groups is 1.